The average Bonchev–Trinajstić information content (AvgIpc) is 3.11. The first kappa shape index (κ1) is 11.0. The predicted octanol–water partition coefficient (Wildman–Crippen LogP) is 2.17. The lowest BCUT2D eigenvalue weighted by atomic mass is 10.1. The van der Waals surface area contributed by atoms with Crippen LogP contribution >= 0.6 is 0 Å². The third-order valence-corrected chi connectivity index (χ3v) is 3.01. The fraction of sp³-hybridized carbons (Fsp3) is 0.462. The molecular weight excluding hydrogens is 200 g/mol. The van der Waals surface area contributed by atoms with Gasteiger partial charge in [-0.2, -0.15) is 0 Å². The minimum atomic E-state index is 0.228. The van der Waals surface area contributed by atoms with E-state index >= 15 is 0 Å². The van der Waals surface area contributed by atoms with E-state index in [4.69, 9.17) is 5.73 Å². The van der Waals surface area contributed by atoms with Gasteiger partial charge in [-0.1, -0.05) is 25.1 Å². The van der Waals surface area contributed by atoms with Gasteiger partial charge >= 0.3 is 0 Å². The number of amides is 1. The van der Waals surface area contributed by atoms with Crippen LogP contribution in [-0.4, -0.2) is 16.8 Å². The molecule has 0 bridgehead atoms. The van der Waals surface area contributed by atoms with Gasteiger partial charge in [-0.25, -0.2) is 0 Å². The molecule has 0 unspecified atom stereocenters. The van der Waals surface area contributed by atoms with Crippen molar-refractivity contribution in [1.82, 2.24) is 4.90 Å². The summed E-state index contributed by atoms with van der Waals surface area (Å²) in [7, 11) is 0. The summed E-state index contributed by atoms with van der Waals surface area (Å²) in [6.45, 7) is 2.57. The molecule has 0 aromatic heterocycles. The second-order valence-electron chi connectivity index (χ2n) is 4.31. The van der Waals surface area contributed by atoms with E-state index in [-0.39, 0.29) is 5.91 Å². The molecule has 1 aliphatic rings. The molecule has 0 spiro atoms. The van der Waals surface area contributed by atoms with E-state index in [0.717, 1.165) is 24.1 Å². The van der Waals surface area contributed by atoms with E-state index in [9.17, 15) is 4.79 Å². The van der Waals surface area contributed by atoms with Crippen molar-refractivity contribution in [3.63, 3.8) is 0 Å². The first-order valence-corrected chi connectivity index (χ1v) is 5.85. The third kappa shape index (κ3) is 2.35. The second-order valence-corrected chi connectivity index (χ2v) is 4.31. The molecule has 16 heavy (non-hydrogen) atoms. The van der Waals surface area contributed by atoms with E-state index in [1.807, 2.05) is 36.1 Å². The molecule has 3 nitrogen and oxygen atoms in total. The Morgan fingerprint density at radius 1 is 1.44 bits per heavy atom. The summed E-state index contributed by atoms with van der Waals surface area (Å²) in [6, 6.07) is 8.21. The van der Waals surface area contributed by atoms with Gasteiger partial charge in [-0.15, -0.1) is 0 Å². The molecule has 1 aromatic carbocycles. The van der Waals surface area contributed by atoms with Crippen LogP contribution in [0.3, 0.4) is 0 Å². The lowest BCUT2D eigenvalue weighted by molar-refractivity contribution is -0.132. The molecule has 1 fully saturated rings. The molecule has 2 rings (SSSR count). The van der Waals surface area contributed by atoms with Gasteiger partial charge in [-0.3, -0.25) is 4.79 Å². The predicted molar refractivity (Wildman–Crippen MR) is 64.7 cm³/mol. The number of nitrogen functional groups attached to an aromatic ring is 1. The maximum Gasteiger partial charge on any atom is 0.222 e. The molecule has 86 valence electrons. The highest BCUT2D eigenvalue weighted by Crippen LogP contribution is 2.29. The summed E-state index contributed by atoms with van der Waals surface area (Å²) < 4.78 is 0. The second kappa shape index (κ2) is 4.56. The van der Waals surface area contributed by atoms with Crippen LogP contribution in [0.5, 0.6) is 0 Å². The molecular formula is C13H18N2O. The van der Waals surface area contributed by atoms with E-state index in [1.54, 1.807) is 0 Å². The molecule has 1 saturated carbocycles. The molecule has 0 heterocycles. The Bertz CT molecular complexity index is 385. The van der Waals surface area contributed by atoms with Crippen molar-refractivity contribution in [2.24, 2.45) is 0 Å². The largest absolute Gasteiger partial charge is 0.398 e. The molecule has 2 N–H and O–H groups in total. The Balaban J connectivity index is 2.11. The van der Waals surface area contributed by atoms with Crippen molar-refractivity contribution in [1.29, 1.82) is 0 Å². The topological polar surface area (TPSA) is 46.3 Å². The lowest BCUT2D eigenvalue weighted by Crippen LogP contribution is -2.32. The van der Waals surface area contributed by atoms with E-state index in [0.29, 0.717) is 19.0 Å². The molecule has 0 aliphatic heterocycles. The van der Waals surface area contributed by atoms with Crippen molar-refractivity contribution in [3.05, 3.63) is 29.8 Å². The van der Waals surface area contributed by atoms with Crippen molar-refractivity contribution < 1.29 is 4.79 Å². The van der Waals surface area contributed by atoms with Crippen LogP contribution in [0.1, 0.15) is 31.7 Å². The Morgan fingerprint density at radius 2 is 2.12 bits per heavy atom. The van der Waals surface area contributed by atoms with Gasteiger partial charge in [0.25, 0.3) is 0 Å². The van der Waals surface area contributed by atoms with Gasteiger partial charge in [0.05, 0.1) is 0 Å². The molecule has 3 heteroatoms. The van der Waals surface area contributed by atoms with Crippen LogP contribution in [0.4, 0.5) is 5.69 Å². The summed E-state index contributed by atoms with van der Waals surface area (Å²) in [6.07, 6.45) is 2.85. The van der Waals surface area contributed by atoms with Crippen LogP contribution in [0.15, 0.2) is 24.3 Å². The van der Waals surface area contributed by atoms with Gasteiger partial charge in [0, 0.05) is 24.7 Å². The maximum atomic E-state index is 11.8. The van der Waals surface area contributed by atoms with Crippen LogP contribution in [0, 0.1) is 0 Å². The number of para-hydroxylation sites is 1. The Kier molecular flexibility index (Phi) is 3.13. The maximum absolute atomic E-state index is 11.8. The first-order valence-electron chi connectivity index (χ1n) is 5.85. The minimum Gasteiger partial charge on any atom is -0.398 e. The van der Waals surface area contributed by atoms with Gasteiger partial charge in [0.15, 0.2) is 0 Å². The monoisotopic (exact) mass is 218 g/mol. The number of hydrogen-bond donors (Lipinski definition) is 1. The fourth-order valence-electron chi connectivity index (χ4n) is 1.87. The van der Waals surface area contributed by atoms with Crippen molar-refractivity contribution in [2.75, 3.05) is 5.73 Å². The summed E-state index contributed by atoms with van der Waals surface area (Å²) in [5.41, 5.74) is 7.72. The molecule has 0 saturated heterocycles. The zero-order valence-corrected chi connectivity index (χ0v) is 9.65. The van der Waals surface area contributed by atoms with Crippen molar-refractivity contribution in [2.45, 2.75) is 38.8 Å². The molecule has 1 aromatic rings. The van der Waals surface area contributed by atoms with Crippen LogP contribution in [-0.2, 0) is 11.3 Å². The van der Waals surface area contributed by atoms with Gasteiger partial charge in [0.2, 0.25) is 5.91 Å². The summed E-state index contributed by atoms with van der Waals surface area (Å²) >= 11 is 0. The Hall–Kier alpha value is -1.51. The van der Waals surface area contributed by atoms with Crippen molar-refractivity contribution >= 4 is 11.6 Å². The number of rotatable bonds is 4. The highest BCUT2D eigenvalue weighted by Gasteiger charge is 2.31. The fourth-order valence-corrected chi connectivity index (χ4v) is 1.87. The zero-order valence-electron chi connectivity index (χ0n) is 9.65. The summed E-state index contributed by atoms with van der Waals surface area (Å²) in [4.78, 5) is 13.8. The minimum absolute atomic E-state index is 0.228. The highest BCUT2D eigenvalue weighted by molar-refractivity contribution is 5.76. The number of carbonyl (C=O) groups is 1. The highest BCUT2D eigenvalue weighted by atomic mass is 16.2. The summed E-state index contributed by atoms with van der Waals surface area (Å²) in [5, 5.41) is 0. The summed E-state index contributed by atoms with van der Waals surface area (Å²) in [5.74, 6) is 0.228. The number of benzene rings is 1. The quantitative estimate of drug-likeness (QED) is 0.787. The first-order chi connectivity index (χ1) is 7.72. The molecule has 0 atom stereocenters. The standard InChI is InChI=1S/C13H18N2O/c1-2-13(16)15(11-7-8-11)9-10-5-3-4-6-12(10)14/h3-6,11H,2,7-9,14H2,1H3. The van der Waals surface area contributed by atoms with Gasteiger partial charge in [0.1, 0.15) is 0 Å². The third-order valence-electron chi connectivity index (χ3n) is 3.01. The zero-order chi connectivity index (χ0) is 11.5. The van der Waals surface area contributed by atoms with Gasteiger partial charge in [-0.05, 0) is 24.5 Å². The van der Waals surface area contributed by atoms with Crippen LogP contribution < -0.4 is 5.73 Å². The molecule has 1 amide bonds. The number of nitrogens with zero attached hydrogens (tertiary/aromatic N) is 1. The average molecular weight is 218 g/mol. The van der Waals surface area contributed by atoms with Crippen molar-refractivity contribution in [3.8, 4) is 0 Å². The molecule has 1 aliphatic carbocycles. The number of carbonyl (C=O) groups excluding carboxylic acids is 1. The van der Waals surface area contributed by atoms with Gasteiger partial charge < -0.3 is 10.6 Å². The van der Waals surface area contributed by atoms with Crippen LogP contribution in [0.2, 0.25) is 0 Å². The lowest BCUT2D eigenvalue weighted by Gasteiger charge is -2.22. The number of anilines is 1. The number of hydrogen-bond acceptors (Lipinski definition) is 2. The van der Waals surface area contributed by atoms with E-state index in [2.05, 4.69) is 0 Å². The Morgan fingerprint density at radius 3 is 2.69 bits per heavy atom. The molecule has 0 radical (unpaired) electrons. The smallest absolute Gasteiger partial charge is 0.222 e. The van der Waals surface area contributed by atoms with E-state index in [1.165, 1.54) is 0 Å². The van der Waals surface area contributed by atoms with E-state index < -0.39 is 0 Å². The number of nitrogens with two attached hydrogens (primary N) is 1. The van der Waals surface area contributed by atoms with Crippen LogP contribution in [0.25, 0.3) is 0 Å². The SMILES string of the molecule is CCC(=O)N(Cc1ccccc1N)C1CC1. The Labute approximate surface area is 96.2 Å². The normalized spacial score (nSPS) is 14.8.